The van der Waals surface area contributed by atoms with Crippen LogP contribution in [0.1, 0.15) is 25.7 Å². The molecule has 2 aliphatic heterocycles. The molecule has 0 saturated carbocycles. The van der Waals surface area contributed by atoms with Gasteiger partial charge in [0.15, 0.2) is 0 Å². The summed E-state index contributed by atoms with van der Waals surface area (Å²) in [5.41, 5.74) is 0.722. The van der Waals surface area contributed by atoms with Crippen LogP contribution in [-0.2, 0) is 4.74 Å². The highest BCUT2D eigenvalue weighted by atomic mass is 16.5. The fourth-order valence-electron chi connectivity index (χ4n) is 3.51. The lowest BCUT2D eigenvalue weighted by Gasteiger charge is -2.33. The van der Waals surface area contributed by atoms with Crippen LogP contribution in [0.4, 0.5) is 10.5 Å². The second kappa shape index (κ2) is 9.59. The SMILES string of the molecule is C=CCOc1cccc(NC(=O)NC2CCN(C[C@H]3CCCO3)CC2)c1. The first-order valence-corrected chi connectivity index (χ1v) is 9.48. The van der Waals surface area contributed by atoms with Gasteiger partial charge in [-0.05, 0) is 37.8 Å². The van der Waals surface area contributed by atoms with Gasteiger partial charge in [0.1, 0.15) is 12.4 Å². The summed E-state index contributed by atoms with van der Waals surface area (Å²) in [7, 11) is 0. The maximum atomic E-state index is 12.3. The predicted molar refractivity (Wildman–Crippen MR) is 103 cm³/mol. The molecule has 1 atom stereocenters. The van der Waals surface area contributed by atoms with Crippen molar-refractivity contribution in [2.24, 2.45) is 0 Å². The molecule has 2 fully saturated rings. The molecule has 2 saturated heterocycles. The van der Waals surface area contributed by atoms with Crippen molar-refractivity contribution in [1.82, 2.24) is 10.2 Å². The number of nitrogens with zero attached hydrogens (tertiary/aromatic N) is 1. The Hall–Kier alpha value is -2.05. The van der Waals surface area contributed by atoms with Crippen LogP contribution in [0, 0.1) is 0 Å². The van der Waals surface area contributed by atoms with Crippen molar-refractivity contribution < 1.29 is 14.3 Å². The van der Waals surface area contributed by atoms with E-state index in [1.165, 1.54) is 12.8 Å². The number of amides is 2. The zero-order valence-corrected chi connectivity index (χ0v) is 15.3. The summed E-state index contributed by atoms with van der Waals surface area (Å²) < 4.78 is 11.2. The maximum Gasteiger partial charge on any atom is 0.319 e. The van der Waals surface area contributed by atoms with E-state index in [0.29, 0.717) is 18.5 Å². The Kier molecular flexibility index (Phi) is 6.91. The van der Waals surface area contributed by atoms with Crippen LogP contribution in [-0.4, -0.2) is 55.9 Å². The zero-order chi connectivity index (χ0) is 18.2. The molecular formula is C20H29N3O3. The first-order chi connectivity index (χ1) is 12.7. The van der Waals surface area contributed by atoms with Gasteiger partial charge < -0.3 is 25.0 Å². The van der Waals surface area contributed by atoms with Crippen LogP contribution in [0.15, 0.2) is 36.9 Å². The number of piperidine rings is 1. The van der Waals surface area contributed by atoms with E-state index in [-0.39, 0.29) is 12.1 Å². The molecule has 6 nitrogen and oxygen atoms in total. The topological polar surface area (TPSA) is 62.8 Å². The van der Waals surface area contributed by atoms with Crippen LogP contribution >= 0.6 is 0 Å². The Morgan fingerprint density at radius 3 is 2.92 bits per heavy atom. The smallest absolute Gasteiger partial charge is 0.319 e. The first kappa shape index (κ1) is 18.7. The quantitative estimate of drug-likeness (QED) is 0.735. The van der Waals surface area contributed by atoms with Gasteiger partial charge in [-0.2, -0.15) is 0 Å². The van der Waals surface area contributed by atoms with E-state index < -0.39 is 0 Å². The number of anilines is 1. The van der Waals surface area contributed by atoms with E-state index in [0.717, 1.165) is 44.8 Å². The molecule has 3 rings (SSSR count). The maximum absolute atomic E-state index is 12.3. The molecule has 2 heterocycles. The van der Waals surface area contributed by atoms with Crippen LogP contribution in [0.25, 0.3) is 0 Å². The lowest BCUT2D eigenvalue weighted by Crippen LogP contribution is -2.47. The van der Waals surface area contributed by atoms with Gasteiger partial charge in [-0.25, -0.2) is 4.79 Å². The Bertz CT molecular complexity index is 594. The van der Waals surface area contributed by atoms with Crippen LogP contribution in [0.5, 0.6) is 5.75 Å². The molecule has 6 heteroatoms. The molecular weight excluding hydrogens is 330 g/mol. The molecule has 2 amide bonds. The Balaban J connectivity index is 1.39. The number of carbonyl (C=O) groups is 1. The molecule has 142 valence electrons. The number of hydrogen-bond acceptors (Lipinski definition) is 4. The molecule has 0 aliphatic carbocycles. The van der Waals surface area contributed by atoms with E-state index in [2.05, 4.69) is 22.1 Å². The van der Waals surface area contributed by atoms with E-state index >= 15 is 0 Å². The fraction of sp³-hybridized carbons (Fsp3) is 0.550. The minimum Gasteiger partial charge on any atom is -0.489 e. The van der Waals surface area contributed by atoms with Gasteiger partial charge in [0.25, 0.3) is 0 Å². The van der Waals surface area contributed by atoms with E-state index in [1.807, 2.05) is 24.3 Å². The van der Waals surface area contributed by atoms with Crippen molar-refractivity contribution in [3.05, 3.63) is 36.9 Å². The molecule has 1 aromatic carbocycles. The van der Waals surface area contributed by atoms with Crippen LogP contribution in [0.2, 0.25) is 0 Å². The van der Waals surface area contributed by atoms with Gasteiger partial charge in [0.05, 0.1) is 6.10 Å². The highest BCUT2D eigenvalue weighted by Gasteiger charge is 2.24. The molecule has 1 aromatic rings. The predicted octanol–water partition coefficient (Wildman–Crippen LogP) is 3.02. The van der Waals surface area contributed by atoms with Crippen molar-refractivity contribution in [3.63, 3.8) is 0 Å². The minimum atomic E-state index is -0.163. The van der Waals surface area contributed by atoms with Crippen molar-refractivity contribution >= 4 is 11.7 Å². The van der Waals surface area contributed by atoms with Crippen LogP contribution in [0.3, 0.4) is 0 Å². The average Bonchev–Trinajstić information content (AvgIpc) is 3.15. The summed E-state index contributed by atoms with van der Waals surface area (Å²) in [5.74, 6) is 0.713. The van der Waals surface area contributed by atoms with Gasteiger partial charge in [-0.15, -0.1) is 0 Å². The number of likely N-dealkylation sites (tertiary alicyclic amines) is 1. The number of rotatable bonds is 7. The van der Waals surface area contributed by atoms with E-state index in [9.17, 15) is 4.79 Å². The fourth-order valence-corrected chi connectivity index (χ4v) is 3.51. The third-order valence-electron chi connectivity index (χ3n) is 4.87. The molecule has 0 unspecified atom stereocenters. The number of carbonyl (C=O) groups excluding carboxylic acids is 1. The largest absolute Gasteiger partial charge is 0.489 e. The third kappa shape index (κ3) is 5.75. The third-order valence-corrected chi connectivity index (χ3v) is 4.87. The van der Waals surface area contributed by atoms with Crippen molar-refractivity contribution in [2.45, 2.75) is 37.8 Å². The highest BCUT2D eigenvalue weighted by molar-refractivity contribution is 5.89. The van der Waals surface area contributed by atoms with E-state index in [4.69, 9.17) is 9.47 Å². The van der Waals surface area contributed by atoms with Gasteiger partial charge >= 0.3 is 6.03 Å². The zero-order valence-electron chi connectivity index (χ0n) is 15.3. The number of nitrogens with one attached hydrogen (secondary N) is 2. The monoisotopic (exact) mass is 359 g/mol. The van der Waals surface area contributed by atoms with Gasteiger partial charge in [0.2, 0.25) is 0 Å². The summed E-state index contributed by atoms with van der Waals surface area (Å²) in [6.45, 7) is 8.02. The van der Waals surface area contributed by atoms with Crippen molar-refractivity contribution in [2.75, 3.05) is 38.2 Å². The average molecular weight is 359 g/mol. The number of ether oxygens (including phenoxy) is 2. The lowest BCUT2D eigenvalue weighted by molar-refractivity contribution is 0.0633. The van der Waals surface area contributed by atoms with Gasteiger partial charge in [-0.1, -0.05) is 18.7 Å². The van der Waals surface area contributed by atoms with Gasteiger partial charge in [0, 0.05) is 44.0 Å². The summed E-state index contributed by atoms with van der Waals surface area (Å²) >= 11 is 0. The second-order valence-corrected chi connectivity index (χ2v) is 6.94. The molecule has 0 bridgehead atoms. The van der Waals surface area contributed by atoms with Crippen molar-refractivity contribution in [3.8, 4) is 5.75 Å². The minimum absolute atomic E-state index is 0.163. The Morgan fingerprint density at radius 2 is 2.19 bits per heavy atom. The summed E-state index contributed by atoms with van der Waals surface area (Å²) in [5, 5.41) is 5.97. The number of benzene rings is 1. The van der Waals surface area contributed by atoms with Gasteiger partial charge in [-0.3, -0.25) is 0 Å². The molecule has 0 radical (unpaired) electrons. The summed E-state index contributed by atoms with van der Waals surface area (Å²) in [6.07, 6.45) is 6.40. The Labute approximate surface area is 155 Å². The Morgan fingerprint density at radius 1 is 1.35 bits per heavy atom. The van der Waals surface area contributed by atoms with E-state index in [1.54, 1.807) is 6.08 Å². The summed E-state index contributed by atoms with van der Waals surface area (Å²) in [6, 6.07) is 7.44. The molecule has 2 N–H and O–H groups in total. The van der Waals surface area contributed by atoms with Crippen LogP contribution < -0.4 is 15.4 Å². The molecule has 2 aliphatic rings. The first-order valence-electron chi connectivity index (χ1n) is 9.48. The highest BCUT2D eigenvalue weighted by Crippen LogP contribution is 2.19. The summed E-state index contributed by atoms with van der Waals surface area (Å²) in [4.78, 5) is 14.7. The number of urea groups is 1. The van der Waals surface area contributed by atoms with Crippen molar-refractivity contribution in [1.29, 1.82) is 0 Å². The molecule has 0 aromatic heterocycles. The molecule has 0 spiro atoms. The lowest BCUT2D eigenvalue weighted by atomic mass is 10.0. The second-order valence-electron chi connectivity index (χ2n) is 6.94. The normalized spacial score (nSPS) is 21.3. The number of hydrogen-bond donors (Lipinski definition) is 2. The molecule has 26 heavy (non-hydrogen) atoms. The standard InChI is InChI=1S/C20H29N3O3/c1-2-12-25-18-6-3-5-17(14-18)22-20(24)21-16-8-10-23(11-9-16)15-19-7-4-13-26-19/h2-3,5-6,14,16,19H,1,4,7-13,15H2,(H2,21,22,24)/t19-/m1/s1.